The highest BCUT2D eigenvalue weighted by molar-refractivity contribution is 6.06. The van der Waals surface area contributed by atoms with E-state index >= 15 is 0 Å². The molecule has 0 unspecified atom stereocenters. The lowest BCUT2D eigenvalue weighted by molar-refractivity contribution is 0.616. The summed E-state index contributed by atoms with van der Waals surface area (Å²) in [5.74, 6) is 0.692. The molecule has 2 spiro atoms. The van der Waals surface area contributed by atoms with Gasteiger partial charge in [0.15, 0.2) is 5.82 Å². The van der Waals surface area contributed by atoms with E-state index in [2.05, 4.69) is 228 Å². The number of pyridine rings is 2. The van der Waals surface area contributed by atoms with Gasteiger partial charge in [0.2, 0.25) is 0 Å². The Kier molecular flexibility index (Phi) is 10.4. The molecule has 7 aromatic carbocycles. The van der Waals surface area contributed by atoms with Crippen molar-refractivity contribution in [2.75, 3.05) is 0 Å². The second-order valence-corrected chi connectivity index (χ2v) is 23.9. The number of benzene rings is 7. The Balaban J connectivity index is 0.908. The fourth-order valence-corrected chi connectivity index (χ4v) is 16.5. The first-order valence-corrected chi connectivity index (χ1v) is 30.1. The van der Waals surface area contributed by atoms with E-state index in [0.29, 0.717) is 5.82 Å². The van der Waals surface area contributed by atoms with Gasteiger partial charge in [-0.3, -0.25) is 9.97 Å². The van der Waals surface area contributed by atoms with Crippen molar-refractivity contribution < 1.29 is 0 Å². The lowest BCUT2D eigenvalue weighted by Crippen LogP contribution is -2.31. The van der Waals surface area contributed by atoms with Gasteiger partial charge in [0, 0.05) is 46.9 Å². The molecule has 4 nitrogen and oxygen atoms in total. The third-order valence-electron chi connectivity index (χ3n) is 19.9. The number of allylic oxidation sites excluding steroid dienone is 16. The van der Waals surface area contributed by atoms with Gasteiger partial charge >= 0.3 is 0 Å². The van der Waals surface area contributed by atoms with Gasteiger partial charge in [-0.2, -0.15) is 0 Å². The largest absolute Gasteiger partial charge is 0.265 e. The van der Waals surface area contributed by atoms with Crippen LogP contribution in [-0.4, -0.2) is 19.9 Å². The van der Waals surface area contributed by atoms with Crippen LogP contribution in [-0.2, 0) is 10.8 Å². The van der Waals surface area contributed by atoms with Gasteiger partial charge in [0.25, 0.3) is 0 Å². The molecular weight excluding hydrogens is 1020 g/mol. The Morgan fingerprint density at radius 3 is 1.48 bits per heavy atom. The van der Waals surface area contributed by atoms with Crippen molar-refractivity contribution in [1.82, 2.24) is 19.9 Å². The molecule has 10 aromatic rings. The molecule has 3 heterocycles. The average Bonchev–Trinajstić information content (AvgIpc) is 1.72. The summed E-state index contributed by atoms with van der Waals surface area (Å²) in [4.78, 5) is 20.1. The summed E-state index contributed by atoms with van der Waals surface area (Å²) in [7, 11) is 0. The molecule has 0 fully saturated rings. The highest BCUT2D eigenvalue weighted by Crippen LogP contribution is 2.67. The van der Waals surface area contributed by atoms with E-state index in [0.717, 1.165) is 112 Å². The van der Waals surface area contributed by atoms with Gasteiger partial charge in [-0.15, -0.1) is 0 Å². The first-order chi connectivity index (χ1) is 41.6. The zero-order chi connectivity index (χ0) is 55.1. The van der Waals surface area contributed by atoms with Crippen LogP contribution >= 0.6 is 0 Å². The molecule has 84 heavy (non-hydrogen) atoms. The van der Waals surface area contributed by atoms with E-state index in [4.69, 9.17) is 9.97 Å². The van der Waals surface area contributed by atoms with Gasteiger partial charge in [-0.1, -0.05) is 170 Å². The van der Waals surface area contributed by atoms with Gasteiger partial charge in [-0.25, -0.2) is 9.97 Å². The smallest absolute Gasteiger partial charge is 0.160 e. The Hall–Kier alpha value is -9.90. The van der Waals surface area contributed by atoms with E-state index in [1.807, 2.05) is 24.8 Å². The molecule has 0 saturated carbocycles. The maximum atomic E-state index is 5.81. The number of aromatic nitrogens is 4. The zero-order valence-corrected chi connectivity index (χ0v) is 46.5. The van der Waals surface area contributed by atoms with Crippen molar-refractivity contribution in [3.05, 3.63) is 310 Å². The van der Waals surface area contributed by atoms with Crippen LogP contribution < -0.4 is 0 Å². The Morgan fingerprint density at radius 2 is 0.821 bits per heavy atom. The third-order valence-corrected chi connectivity index (χ3v) is 19.9. The standard InChI is InChI=1S/C80H56N4/c1-7-19-68-58(13-1)59-14-2-8-20-69(59)79(68)72-23-11-5-17-62(72)64-35-33-55(47-74(64)79)57-45-66(56-34-36-65-63-18-6-12-24-73(63)80(75(65)48-56)70-21-9-3-15-60(70)61-16-4-10-22-71(61)80)77-67(46-57)76(53-29-25-49(26-30-53)51-37-41-81-42-38-51)83-78(84-77)54-31-27-50(28-32-54)52-39-43-82-44-40-52/h1-4,6-8,11,13-16,18-20,23,25-48H,5,9-10,12,17,21-22,24H2. The molecule has 0 atom stereocenters. The lowest BCUT2D eigenvalue weighted by atomic mass is 9.63. The SMILES string of the molecule is C1=CC2=C(CC1)c1ccc(-c3cc(-c4ccc5c(c4)C4(C6=C(C=CCC6)C6=C4CCC=C6)C4=C5C=CCC4)c4nc(-c5ccc(-c6ccncc6)cc5)nc(-c5ccc(-c6ccncc6)cc5)c4c3)cc1C21c2ccccc2-c2ccccc21. The Morgan fingerprint density at radius 1 is 0.321 bits per heavy atom. The van der Waals surface area contributed by atoms with Crippen LogP contribution in [0.15, 0.2) is 277 Å². The van der Waals surface area contributed by atoms with Crippen LogP contribution in [0.1, 0.15) is 84.7 Å². The second-order valence-electron chi connectivity index (χ2n) is 23.9. The maximum Gasteiger partial charge on any atom is 0.160 e. The van der Waals surface area contributed by atoms with Crippen LogP contribution in [0.4, 0.5) is 0 Å². The van der Waals surface area contributed by atoms with E-state index in [9.17, 15) is 0 Å². The van der Waals surface area contributed by atoms with Crippen LogP contribution in [0, 0.1) is 0 Å². The van der Waals surface area contributed by atoms with Gasteiger partial charge < -0.3 is 0 Å². The molecule has 8 aliphatic rings. The quantitative estimate of drug-likeness (QED) is 0.166. The lowest BCUT2D eigenvalue weighted by Gasteiger charge is -2.38. The summed E-state index contributed by atoms with van der Waals surface area (Å²) in [6.07, 6.45) is 35.3. The predicted octanol–water partition coefficient (Wildman–Crippen LogP) is 19.5. The van der Waals surface area contributed by atoms with Crippen molar-refractivity contribution in [1.29, 1.82) is 0 Å². The highest BCUT2D eigenvalue weighted by Gasteiger charge is 2.55. The van der Waals surface area contributed by atoms with Crippen molar-refractivity contribution in [2.45, 2.75) is 62.2 Å². The average molecular weight is 1070 g/mol. The fraction of sp³-hybridized carbons (Fsp3) is 0.125. The van der Waals surface area contributed by atoms with Crippen LogP contribution in [0.3, 0.4) is 0 Å². The second kappa shape index (κ2) is 18.3. The van der Waals surface area contributed by atoms with Gasteiger partial charge in [-0.05, 0) is 228 Å². The molecule has 8 aliphatic carbocycles. The summed E-state index contributed by atoms with van der Waals surface area (Å²) in [5.41, 5.74) is 35.2. The first-order valence-electron chi connectivity index (χ1n) is 30.1. The monoisotopic (exact) mass is 1070 g/mol. The molecule has 0 aliphatic heterocycles. The summed E-state index contributed by atoms with van der Waals surface area (Å²) in [5, 5.41) is 1.02. The molecule has 4 heteroatoms. The molecule has 0 amide bonds. The van der Waals surface area contributed by atoms with Crippen LogP contribution in [0.2, 0.25) is 0 Å². The predicted molar refractivity (Wildman–Crippen MR) is 343 cm³/mol. The molecular formula is C80H56N4. The van der Waals surface area contributed by atoms with Gasteiger partial charge in [0.1, 0.15) is 0 Å². The summed E-state index contributed by atoms with van der Waals surface area (Å²) in [6, 6.07) is 64.1. The normalized spacial score (nSPS) is 17.7. The number of fused-ring (bicyclic) bond motifs is 17. The topological polar surface area (TPSA) is 51.6 Å². The summed E-state index contributed by atoms with van der Waals surface area (Å²) < 4.78 is 0. The molecule has 0 radical (unpaired) electrons. The van der Waals surface area contributed by atoms with Crippen molar-refractivity contribution in [3.8, 4) is 78.3 Å². The maximum absolute atomic E-state index is 5.81. The highest BCUT2D eigenvalue weighted by atomic mass is 14.9. The molecule has 0 bridgehead atoms. The van der Waals surface area contributed by atoms with Crippen molar-refractivity contribution in [3.63, 3.8) is 0 Å². The van der Waals surface area contributed by atoms with Gasteiger partial charge in [0.05, 0.1) is 22.0 Å². The van der Waals surface area contributed by atoms with E-state index in [1.54, 1.807) is 16.7 Å². The number of nitrogens with zero attached hydrogens (tertiary/aromatic N) is 4. The zero-order valence-electron chi connectivity index (χ0n) is 46.5. The van der Waals surface area contributed by atoms with Crippen LogP contribution in [0.5, 0.6) is 0 Å². The van der Waals surface area contributed by atoms with E-state index < -0.39 is 5.41 Å². The summed E-state index contributed by atoms with van der Waals surface area (Å²) >= 11 is 0. The van der Waals surface area contributed by atoms with E-state index in [-0.39, 0.29) is 5.41 Å². The number of hydrogen-bond donors (Lipinski definition) is 0. The molecule has 18 rings (SSSR count). The van der Waals surface area contributed by atoms with E-state index in [1.165, 1.54) is 83.5 Å². The van der Waals surface area contributed by atoms with Crippen molar-refractivity contribution >= 4 is 22.0 Å². The molecule has 396 valence electrons. The molecule has 0 saturated heterocycles. The fourth-order valence-electron chi connectivity index (χ4n) is 16.5. The minimum absolute atomic E-state index is 0.264. The Labute approximate surface area is 489 Å². The molecule has 3 aromatic heterocycles. The number of rotatable bonds is 6. The number of hydrogen-bond acceptors (Lipinski definition) is 4. The summed E-state index contributed by atoms with van der Waals surface area (Å²) in [6.45, 7) is 0. The minimum atomic E-state index is -0.434. The molecule has 0 N–H and O–H groups in total. The minimum Gasteiger partial charge on any atom is -0.265 e. The third kappa shape index (κ3) is 6.65. The van der Waals surface area contributed by atoms with Crippen molar-refractivity contribution in [2.24, 2.45) is 0 Å². The van der Waals surface area contributed by atoms with Crippen LogP contribution in [0.25, 0.3) is 100 Å². The Bertz CT molecular complexity index is 4700. The first kappa shape index (κ1) is 47.7.